The van der Waals surface area contributed by atoms with Crippen molar-refractivity contribution < 1.29 is 0 Å². The first-order chi connectivity index (χ1) is 14.4. The molecule has 0 aliphatic carbocycles. The highest BCUT2D eigenvalue weighted by molar-refractivity contribution is 7.25. The lowest BCUT2D eigenvalue weighted by Crippen LogP contribution is -1.82. The van der Waals surface area contributed by atoms with Gasteiger partial charge in [-0.15, -0.1) is 11.3 Å². The van der Waals surface area contributed by atoms with E-state index in [1.54, 1.807) is 0 Å². The Morgan fingerprint density at radius 1 is 0.448 bits per heavy atom. The van der Waals surface area contributed by atoms with E-state index in [1.165, 1.54) is 42.4 Å². The third-order valence-corrected chi connectivity index (χ3v) is 6.23. The summed E-state index contributed by atoms with van der Waals surface area (Å²) in [6, 6.07) is 34.3. The van der Waals surface area contributed by atoms with Crippen LogP contribution in [0.2, 0.25) is 0 Å². The first-order valence-corrected chi connectivity index (χ1v) is 10.6. The molecule has 0 saturated heterocycles. The molecule has 0 fully saturated rings. The van der Waals surface area contributed by atoms with Crippen LogP contribution in [-0.2, 0) is 0 Å². The van der Waals surface area contributed by atoms with Crippen molar-refractivity contribution in [2.24, 2.45) is 0 Å². The van der Waals surface area contributed by atoms with Crippen LogP contribution in [0.5, 0.6) is 0 Å². The van der Waals surface area contributed by atoms with Crippen LogP contribution in [0.4, 0.5) is 0 Å². The second kappa shape index (κ2) is 7.90. The number of hydrogen-bond donors (Lipinski definition) is 0. The zero-order valence-corrected chi connectivity index (χ0v) is 16.8. The zero-order chi connectivity index (χ0) is 19.5. The van der Waals surface area contributed by atoms with Gasteiger partial charge in [-0.2, -0.15) is 0 Å². The molecule has 4 aromatic carbocycles. The van der Waals surface area contributed by atoms with Crippen molar-refractivity contribution in [2.45, 2.75) is 0 Å². The molecular weight excluding hydrogens is 368 g/mol. The molecular formula is C28H20S. The van der Waals surface area contributed by atoms with Crippen molar-refractivity contribution in [3.8, 4) is 0 Å². The van der Waals surface area contributed by atoms with Crippen LogP contribution < -0.4 is 0 Å². The minimum atomic E-state index is 1.21. The lowest BCUT2D eigenvalue weighted by molar-refractivity contribution is 1.65. The SMILES string of the molecule is C(=Cc1cc2sc3ccccc3c2cc1C=Cc1ccccc1)c1ccccc1. The molecule has 0 nitrogen and oxygen atoms in total. The zero-order valence-electron chi connectivity index (χ0n) is 16.0. The van der Waals surface area contributed by atoms with E-state index in [-0.39, 0.29) is 0 Å². The molecule has 29 heavy (non-hydrogen) atoms. The van der Waals surface area contributed by atoms with Crippen LogP contribution in [0.3, 0.4) is 0 Å². The summed E-state index contributed by atoms with van der Waals surface area (Å²) >= 11 is 1.86. The summed E-state index contributed by atoms with van der Waals surface area (Å²) in [4.78, 5) is 0. The van der Waals surface area contributed by atoms with Gasteiger partial charge in [0.1, 0.15) is 0 Å². The molecule has 0 spiro atoms. The number of benzene rings is 4. The van der Waals surface area contributed by atoms with Crippen molar-refractivity contribution in [1.82, 2.24) is 0 Å². The average Bonchev–Trinajstić information content (AvgIpc) is 3.14. The van der Waals surface area contributed by atoms with E-state index in [1.807, 2.05) is 11.3 Å². The van der Waals surface area contributed by atoms with Gasteiger partial charge in [0.25, 0.3) is 0 Å². The van der Waals surface area contributed by atoms with Gasteiger partial charge in [-0.1, -0.05) is 103 Å². The van der Waals surface area contributed by atoms with Crippen molar-refractivity contribution in [3.63, 3.8) is 0 Å². The van der Waals surface area contributed by atoms with Crippen molar-refractivity contribution in [3.05, 3.63) is 119 Å². The molecule has 0 N–H and O–H groups in total. The second-order valence-corrected chi connectivity index (χ2v) is 8.15. The molecule has 0 bridgehead atoms. The minimum absolute atomic E-state index is 1.21. The van der Waals surface area contributed by atoms with Gasteiger partial charge >= 0.3 is 0 Å². The third-order valence-electron chi connectivity index (χ3n) is 5.09. The highest BCUT2D eigenvalue weighted by Gasteiger charge is 2.08. The molecule has 138 valence electrons. The minimum Gasteiger partial charge on any atom is -0.135 e. The van der Waals surface area contributed by atoms with E-state index < -0.39 is 0 Å². The third kappa shape index (κ3) is 3.78. The molecule has 0 aliphatic heterocycles. The van der Waals surface area contributed by atoms with Crippen LogP contribution in [-0.4, -0.2) is 0 Å². The van der Waals surface area contributed by atoms with Crippen LogP contribution in [0.25, 0.3) is 44.5 Å². The summed E-state index contributed by atoms with van der Waals surface area (Å²) in [6.45, 7) is 0. The summed E-state index contributed by atoms with van der Waals surface area (Å²) in [6.07, 6.45) is 8.83. The van der Waals surface area contributed by atoms with Gasteiger partial charge in [-0.3, -0.25) is 0 Å². The molecule has 0 amide bonds. The van der Waals surface area contributed by atoms with Gasteiger partial charge in [0.15, 0.2) is 0 Å². The molecule has 0 radical (unpaired) electrons. The molecule has 0 saturated carbocycles. The topological polar surface area (TPSA) is 0 Å². The van der Waals surface area contributed by atoms with Gasteiger partial charge in [-0.05, 0) is 40.5 Å². The number of hydrogen-bond acceptors (Lipinski definition) is 1. The second-order valence-electron chi connectivity index (χ2n) is 7.06. The number of thiophene rings is 1. The average molecular weight is 389 g/mol. The molecule has 5 rings (SSSR count). The predicted molar refractivity (Wildman–Crippen MR) is 130 cm³/mol. The van der Waals surface area contributed by atoms with Crippen molar-refractivity contribution in [2.75, 3.05) is 0 Å². The maximum Gasteiger partial charge on any atom is 0.0361 e. The molecule has 1 aromatic heterocycles. The normalized spacial score (nSPS) is 11.9. The van der Waals surface area contributed by atoms with Gasteiger partial charge in [0, 0.05) is 20.2 Å². The van der Waals surface area contributed by atoms with E-state index in [9.17, 15) is 0 Å². The van der Waals surface area contributed by atoms with Crippen molar-refractivity contribution >= 4 is 55.8 Å². The Kier molecular flexibility index (Phi) is 4.81. The van der Waals surface area contributed by atoms with Crippen LogP contribution in [0, 0.1) is 0 Å². The molecule has 0 unspecified atom stereocenters. The van der Waals surface area contributed by atoms with E-state index in [0.717, 1.165) is 0 Å². The Morgan fingerprint density at radius 2 is 1.00 bits per heavy atom. The number of rotatable bonds is 4. The Balaban J connectivity index is 1.65. The lowest BCUT2D eigenvalue weighted by Gasteiger charge is -2.04. The van der Waals surface area contributed by atoms with E-state index in [2.05, 4.69) is 121 Å². The highest BCUT2D eigenvalue weighted by Crippen LogP contribution is 2.36. The standard InChI is InChI=1S/C28H20S/c1-3-9-21(10-4-1)15-17-23-19-26-25-13-7-8-14-27(25)29-28(26)20-24(23)18-16-22-11-5-2-6-12-22/h1-20H. The van der Waals surface area contributed by atoms with Crippen LogP contribution in [0.15, 0.2) is 97.1 Å². The van der Waals surface area contributed by atoms with Crippen molar-refractivity contribution in [1.29, 1.82) is 0 Å². The number of fused-ring (bicyclic) bond motifs is 3. The highest BCUT2D eigenvalue weighted by atomic mass is 32.1. The Morgan fingerprint density at radius 3 is 1.66 bits per heavy atom. The van der Waals surface area contributed by atoms with Gasteiger partial charge in [0.05, 0.1) is 0 Å². The monoisotopic (exact) mass is 388 g/mol. The Labute approximate surface area is 175 Å². The van der Waals surface area contributed by atoms with Crippen LogP contribution in [0.1, 0.15) is 22.3 Å². The van der Waals surface area contributed by atoms with Gasteiger partial charge < -0.3 is 0 Å². The summed E-state index contributed by atoms with van der Waals surface area (Å²) < 4.78 is 2.67. The van der Waals surface area contributed by atoms with Gasteiger partial charge in [0.2, 0.25) is 0 Å². The first kappa shape index (κ1) is 17.7. The first-order valence-electron chi connectivity index (χ1n) is 9.78. The van der Waals surface area contributed by atoms with Crippen LogP contribution >= 0.6 is 11.3 Å². The Hall–Kier alpha value is -3.42. The Bertz CT molecular complexity index is 1320. The lowest BCUT2D eigenvalue weighted by atomic mass is 10.0. The van der Waals surface area contributed by atoms with E-state index in [4.69, 9.17) is 0 Å². The van der Waals surface area contributed by atoms with E-state index in [0.29, 0.717) is 0 Å². The quantitative estimate of drug-likeness (QED) is 0.271. The molecule has 1 heteroatoms. The summed E-state index contributed by atoms with van der Waals surface area (Å²) in [5.74, 6) is 0. The van der Waals surface area contributed by atoms with E-state index >= 15 is 0 Å². The summed E-state index contributed by atoms with van der Waals surface area (Å²) in [5.41, 5.74) is 4.89. The molecule has 1 heterocycles. The smallest absolute Gasteiger partial charge is 0.0361 e. The largest absolute Gasteiger partial charge is 0.135 e. The predicted octanol–water partition coefficient (Wildman–Crippen LogP) is 8.40. The summed E-state index contributed by atoms with van der Waals surface area (Å²) in [5, 5.41) is 2.66. The molecule has 0 atom stereocenters. The molecule has 0 aliphatic rings. The maximum absolute atomic E-state index is 2.33. The summed E-state index contributed by atoms with van der Waals surface area (Å²) in [7, 11) is 0. The molecule has 5 aromatic rings. The fourth-order valence-corrected chi connectivity index (χ4v) is 4.73. The fourth-order valence-electron chi connectivity index (χ4n) is 3.59. The maximum atomic E-state index is 2.33. The van der Waals surface area contributed by atoms with Gasteiger partial charge in [-0.25, -0.2) is 0 Å². The fraction of sp³-hybridized carbons (Fsp3) is 0.